The van der Waals surface area contributed by atoms with Crippen LogP contribution in [0.3, 0.4) is 0 Å². The minimum Gasteiger partial charge on any atom is -0.389 e. The third-order valence-corrected chi connectivity index (χ3v) is 8.73. The van der Waals surface area contributed by atoms with E-state index in [0.29, 0.717) is 26.9 Å². The number of hydrogen-bond acceptors (Lipinski definition) is 3. The normalized spacial score (nSPS) is 12.0. The van der Waals surface area contributed by atoms with Gasteiger partial charge < -0.3 is 14.2 Å². The Hall–Kier alpha value is -4.22. The first-order valence-corrected chi connectivity index (χ1v) is 14.3. The molecule has 0 bridgehead atoms. The lowest BCUT2D eigenvalue weighted by Gasteiger charge is -2.18. The van der Waals surface area contributed by atoms with Crippen LogP contribution in [-0.4, -0.2) is 20.3 Å². The van der Waals surface area contributed by atoms with Crippen molar-refractivity contribution in [2.24, 2.45) is 5.41 Å². The summed E-state index contributed by atoms with van der Waals surface area (Å²) in [5.74, 6) is 0. The summed E-state index contributed by atoms with van der Waals surface area (Å²) in [4.78, 5) is 26.6. The predicted molar refractivity (Wildman–Crippen MR) is 173 cm³/mol. The Kier molecular flexibility index (Phi) is 7.58. The van der Waals surface area contributed by atoms with E-state index in [9.17, 15) is 14.7 Å². The van der Waals surface area contributed by atoms with Crippen LogP contribution < -0.4 is 21.8 Å². The molecular weight excluding hydrogens is 508 g/mol. The molecule has 0 saturated heterocycles. The van der Waals surface area contributed by atoms with Crippen molar-refractivity contribution in [2.75, 3.05) is 0 Å². The molecule has 41 heavy (non-hydrogen) atoms. The Labute approximate surface area is 239 Å². The van der Waals surface area contributed by atoms with Crippen LogP contribution in [0.15, 0.2) is 82.4 Å². The van der Waals surface area contributed by atoms with Gasteiger partial charge in [0.25, 0.3) is 11.1 Å². The SMILES string of the molecule is C=c1c2cccc3cccc(c(=O)n1CC(O)Cn1c(=C)c4cccc5cccc(c1=O)c54)c32.CCC(C)(C)CC. The third-order valence-electron chi connectivity index (χ3n) is 8.73. The molecular formula is C36H38N2O3. The van der Waals surface area contributed by atoms with Crippen molar-refractivity contribution in [3.63, 3.8) is 0 Å². The number of aliphatic hydroxyl groups is 1. The summed E-state index contributed by atoms with van der Waals surface area (Å²) in [5, 5.41) is 18.8. The molecule has 5 nitrogen and oxygen atoms in total. The highest BCUT2D eigenvalue weighted by molar-refractivity contribution is 6.10. The van der Waals surface area contributed by atoms with Crippen LogP contribution in [0.4, 0.5) is 0 Å². The zero-order valence-electron chi connectivity index (χ0n) is 24.4. The Morgan fingerprint density at radius 3 is 1.32 bits per heavy atom. The van der Waals surface area contributed by atoms with Gasteiger partial charge in [0.1, 0.15) is 0 Å². The highest BCUT2D eigenvalue weighted by Crippen LogP contribution is 2.24. The molecule has 1 N–H and O–H groups in total. The number of hydrogen-bond donors (Lipinski definition) is 1. The number of pyridine rings is 2. The van der Waals surface area contributed by atoms with E-state index >= 15 is 0 Å². The smallest absolute Gasteiger partial charge is 0.259 e. The van der Waals surface area contributed by atoms with Crippen molar-refractivity contribution in [1.29, 1.82) is 0 Å². The number of aliphatic hydroxyl groups excluding tert-OH is 1. The maximum atomic E-state index is 13.3. The van der Waals surface area contributed by atoms with Crippen LogP contribution in [0.5, 0.6) is 0 Å². The second-order valence-electron chi connectivity index (χ2n) is 11.7. The number of benzene rings is 4. The van der Waals surface area contributed by atoms with Crippen molar-refractivity contribution in [1.82, 2.24) is 9.13 Å². The molecule has 0 aliphatic carbocycles. The highest BCUT2D eigenvalue weighted by Gasteiger charge is 2.17. The summed E-state index contributed by atoms with van der Waals surface area (Å²) in [6.07, 6.45) is 1.60. The van der Waals surface area contributed by atoms with Crippen molar-refractivity contribution in [3.05, 3.63) is 104 Å². The first kappa shape index (κ1) is 28.3. The summed E-state index contributed by atoms with van der Waals surface area (Å²) >= 11 is 0. The largest absolute Gasteiger partial charge is 0.389 e. The monoisotopic (exact) mass is 546 g/mol. The fourth-order valence-corrected chi connectivity index (χ4v) is 5.46. The lowest BCUT2D eigenvalue weighted by molar-refractivity contribution is 0.131. The fraction of sp³-hybridized carbons (Fsp3) is 0.278. The molecule has 5 heteroatoms. The van der Waals surface area contributed by atoms with E-state index in [1.165, 1.54) is 22.0 Å². The minimum absolute atomic E-state index is 0.0191. The second-order valence-corrected chi connectivity index (χ2v) is 11.7. The van der Waals surface area contributed by atoms with E-state index in [4.69, 9.17) is 0 Å². The van der Waals surface area contributed by atoms with E-state index in [-0.39, 0.29) is 24.2 Å². The van der Waals surface area contributed by atoms with Crippen molar-refractivity contribution < 1.29 is 5.11 Å². The van der Waals surface area contributed by atoms with Crippen LogP contribution in [0.1, 0.15) is 40.5 Å². The molecule has 0 amide bonds. The topological polar surface area (TPSA) is 64.2 Å². The van der Waals surface area contributed by atoms with Gasteiger partial charge in [0.15, 0.2) is 0 Å². The third kappa shape index (κ3) is 5.07. The predicted octanol–water partition coefficient (Wildman–Crippen LogP) is 5.77. The van der Waals surface area contributed by atoms with Crippen molar-refractivity contribution in [3.8, 4) is 0 Å². The molecule has 2 heterocycles. The van der Waals surface area contributed by atoms with Gasteiger partial charge >= 0.3 is 0 Å². The summed E-state index contributed by atoms with van der Waals surface area (Å²) < 4.78 is 3.02. The van der Waals surface area contributed by atoms with Crippen molar-refractivity contribution >= 4 is 56.2 Å². The Balaban J connectivity index is 0.000000431. The first-order valence-electron chi connectivity index (χ1n) is 14.3. The van der Waals surface area contributed by atoms with E-state index < -0.39 is 6.10 Å². The van der Waals surface area contributed by atoms with Gasteiger partial charge in [-0.2, -0.15) is 0 Å². The summed E-state index contributed by atoms with van der Waals surface area (Å²) in [6.45, 7) is 17.4. The minimum atomic E-state index is -0.990. The zero-order chi connectivity index (χ0) is 29.5. The van der Waals surface area contributed by atoms with Gasteiger partial charge in [0, 0.05) is 43.0 Å². The molecule has 0 spiro atoms. The Morgan fingerprint density at radius 1 is 0.659 bits per heavy atom. The van der Waals surface area contributed by atoms with Crippen molar-refractivity contribution in [2.45, 2.75) is 59.7 Å². The molecule has 2 aromatic heterocycles. The van der Waals surface area contributed by atoms with Gasteiger partial charge in [-0.3, -0.25) is 9.59 Å². The van der Waals surface area contributed by atoms with Gasteiger partial charge in [0.2, 0.25) is 0 Å². The van der Waals surface area contributed by atoms with E-state index in [1.54, 1.807) is 12.1 Å². The highest BCUT2D eigenvalue weighted by atomic mass is 16.3. The van der Waals surface area contributed by atoms with E-state index in [1.807, 2.05) is 60.7 Å². The molecule has 6 rings (SSSR count). The Bertz CT molecular complexity index is 1830. The fourth-order valence-electron chi connectivity index (χ4n) is 5.46. The molecule has 0 unspecified atom stereocenters. The first-order chi connectivity index (χ1) is 19.6. The zero-order valence-corrected chi connectivity index (χ0v) is 24.4. The molecule has 6 aromatic rings. The van der Waals surface area contributed by atoms with Crippen LogP contribution >= 0.6 is 0 Å². The summed E-state index contributed by atoms with van der Waals surface area (Å²) in [6, 6.07) is 22.9. The lowest BCUT2D eigenvalue weighted by Crippen LogP contribution is -2.42. The summed E-state index contributed by atoms with van der Waals surface area (Å²) in [7, 11) is 0. The van der Waals surface area contributed by atoms with Gasteiger partial charge in [-0.25, -0.2) is 0 Å². The second kappa shape index (κ2) is 11.0. The van der Waals surface area contributed by atoms with E-state index in [2.05, 4.69) is 40.9 Å². The van der Waals surface area contributed by atoms with Crippen LogP contribution in [0, 0.1) is 5.41 Å². The molecule has 0 saturated carbocycles. The van der Waals surface area contributed by atoms with Gasteiger partial charge in [-0.05, 0) is 28.3 Å². The number of nitrogens with zero attached hydrogens (tertiary/aromatic N) is 2. The number of rotatable bonds is 6. The Morgan fingerprint density at radius 2 is 1.00 bits per heavy atom. The average molecular weight is 547 g/mol. The quantitative estimate of drug-likeness (QED) is 0.288. The standard InChI is InChI=1S/C29H22N2O3.C7H16/c1-17-22-11-3-7-19-9-5-13-24(26(19)22)28(33)30(17)15-21(32)16-31-18(2)23-12-4-8-20-10-6-14-25(27(20)23)29(31)34;1-5-7(3,4)6-2/h3-14,21,32H,1-2,15-16H2;5-6H2,1-4H3. The summed E-state index contributed by atoms with van der Waals surface area (Å²) in [5.41, 5.74) is 0.180. The molecule has 0 fully saturated rings. The molecule has 0 radical (unpaired) electrons. The molecule has 210 valence electrons. The average Bonchev–Trinajstić information content (AvgIpc) is 2.99. The lowest BCUT2D eigenvalue weighted by atomic mass is 9.88. The molecule has 0 atom stereocenters. The van der Waals surface area contributed by atoms with Gasteiger partial charge in [-0.15, -0.1) is 0 Å². The number of aromatic nitrogens is 2. The maximum absolute atomic E-state index is 13.3. The van der Waals surface area contributed by atoms with Gasteiger partial charge in [-0.1, -0.05) is 114 Å². The molecule has 4 aromatic carbocycles. The molecule has 0 aliphatic rings. The van der Waals surface area contributed by atoms with Crippen LogP contribution in [0.25, 0.3) is 56.2 Å². The van der Waals surface area contributed by atoms with E-state index in [0.717, 1.165) is 32.3 Å². The van der Waals surface area contributed by atoms with Gasteiger partial charge in [0.05, 0.1) is 19.2 Å². The maximum Gasteiger partial charge on any atom is 0.259 e. The van der Waals surface area contributed by atoms with Crippen LogP contribution in [0.2, 0.25) is 0 Å². The molecule has 0 aliphatic heterocycles. The van der Waals surface area contributed by atoms with Crippen LogP contribution in [-0.2, 0) is 13.1 Å².